The van der Waals surface area contributed by atoms with Crippen molar-refractivity contribution in [3.8, 4) is 0 Å². The van der Waals surface area contributed by atoms with E-state index < -0.39 is 0 Å². The molecular formula is C6H12OS. The molecule has 0 aromatic carbocycles. The highest BCUT2D eigenvalue weighted by Gasteiger charge is 1.69. The lowest BCUT2D eigenvalue weighted by Gasteiger charge is -1.78. The van der Waals surface area contributed by atoms with Gasteiger partial charge in [0.1, 0.15) is 6.29 Å². The summed E-state index contributed by atoms with van der Waals surface area (Å²) < 4.78 is 0. The number of hydrogen-bond acceptors (Lipinski definition) is 2. The van der Waals surface area contributed by atoms with E-state index >= 15 is 0 Å². The van der Waals surface area contributed by atoms with Crippen LogP contribution in [0.4, 0.5) is 0 Å². The number of hydrogen-bond donors (Lipinski definition) is 1. The molecule has 0 aliphatic carbocycles. The molecule has 0 spiro atoms. The third-order valence-corrected chi connectivity index (χ3v) is 0.0962. The molecule has 48 valence electrons. The van der Waals surface area contributed by atoms with Crippen LogP contribution >= 0.6 is 12.6 Å². The van der Waals surface area contributed by atoms with E-state index in [9.17, 15) is 0 Å². The second-order valence-corrected chi connectivity index (χ2v) is 2.50. The highest BCUT2D eigenvalue weighted by molar-refractivity contribution is 7.80. The van der Waals surface area contributed by atoms with Gasteiger partial charge in [-0.2, -0.15) is 12.6 Å². The molecule has 0 amide bonds. The maximum Gasteiger partial charge on any atom is 0.142 e. The van der Waals surface area contributed by atoms with Crippen LogP contribution in [0.3, 0.4) is 0 Å². The average molecular weight is 132 g/mol. The number of thiol groups is 1. The summed E-state index contributed by atoms with van der Waals surface area (Å²) in [6.07, 6.45) is 1.83. The Morgan fingerprint density at radius 3 is 1.75 bits per heavy atom. The molecule has 0 fully saturated rings. The molecule has 0 radical (unpaired) electrons. The van der Waals surface area contributed by atoms with Gasteiger partial charge in [0.15, 0.2) is 0 Å². The summed E-state index contributed by atoms with van der Waals surface area (Å²) in [5.74, 6) is 0. The van der Waals surface area contributed by atoms with Crippen LogP contribution in [-0.2, 0) is 4.79 Å². The fraction of sp³-hybridized carbons (Fsp3) is 0.500. The zero-order valence-electron chi connectivity index (χ0n) is 5.29. The zero-order valence-corrected chi connectivity index (χ0v) is 6.19. The van der Waals surface area contributed by atoms with Crippen LogP contribution in [0.5, 0.6) is 0 Å². The maximum absolute atomic E-state index is 9.06. The van der Waals surface area contributed by atoms with Gasteiger partial charge in [-0.05, 0) is 11.3 Å². The van der Waals surface area contributed by atoms with Crippen LogP contribution in [0.25, 0.3) is 0 Å². The van der Waals surface area contributed by atoms with Crippen molar-refractivity contribution in [2.45, 2.75) is 19.1 Å². The lowest BCUT2D eigenvalue weighted by Crippen LogP contribution is -1.71. The second-order valence-electron chi connectivity index (χ2n) is 1.47. The minimum Gasteiger partial charge on any atom is -0.299 e. The summed E-state index contributed by atoms with van der Waals surface area (Å²) in [6, 6.07) is 0. The largest absolute Gasteiger partial charge is 0.299 e. The summed E-state index contributed by atoms with van der Waals surface area (Å²) in [6.45, 7) is 7.17. The van der Waals surface area contributed by atoms with Crippen molar-refractivity contribution in [3.63, 3.8) is 0 Å². The number of aldehydes is 1. The molecule has 0 saturated carbocycles. The molecule has 0 atom stereocenters. The van der Waals surface area contributed by atoms with E-state index in [1.54, 1.807) is 0 Å². The Balaban J connectivity index is 0. The molecule has 0 rings (SSSR count). The first-order chi connectivity index (χ1) is 3.65. The summed E-state index contributed by atoms with van der Waals surface area (Å²) in [5.41, 5.74) is 0. The standard InChI is InChI=1S/C3H4O.C3H8S/c1-2-3-4;1-3(2)4/h2-3H,1H2;3-4H,1-2H3. The normalized spacial score (nSPS) is 7.00. The van der Waals surface area contributed by atoms with Gasteiger partial charge < -0.3 is 0 Å². The van der Waals surface area contributed by atoms with E-state index in [4.69, 9.17) is 4.79 Å². The van der Waals surface area contributed by atoms with Gasteiger partial charge in [-0.25, -0.2) is 0 Å². The molecule has 0 aliphatic rings. The summed E-state index contributed by atoms with van der Waals surface area (Å²) in [4.78, 5) is 9.06. The van der Waals surface area contributed by atoms with E-state index in [0.717, 1.165) is 0 Å². The Bertz CT molecular complexity index is 50.8. The monoisotopic (exact) mass is 132 g/mol. The summed E-state index contributed by atoms with van der Waals surface area (Å²) in [5, 5.41) is 0.528. The van der Waals surface area contributed by atoms with Crippen molar-refractivity contribution >= 4 is 18.9 Å². The quantitative estimate of drug-likeness (QED) is 0.326. The number of carbonyl (C=O) groups excluding carboxylic acids is 1. The van der Waals surface area contributed by atoms with Gasteiger partial charge in [0.05, 0.1) is 0 Å². The van der Waals surface area contributed by atoms with Gasteiger partial charge in [-0.1, -0.05) is 20.4 Å². The van der Waals surface area contributed by atoms with Crippen LogP contribution < -0.4 is 0 Å². The number of allylic oxidation sites excluding steroid dienone is 1. The highest BCUT2D eigenvalue weighted by Crippen LogP contribution is 1.83. The molecule has 0 aromatic rings. The van der Waals surface area contributed by atoms with Crippen LogP contribution in [0.15, 0.2) is 12.7 Å². The lowest BCUT2D eigenvalue weighted by atomic mass is 10.6. The Labute approximate surface area is 56.2 Å². The van der Waals surface area contributed by atoms with E-state index in [0.29, 0.717) is 11.5 Å². The first kappa shape index (κ1) is 10.7. The van der Waals surface area contributed by atoms with Gasteiger partial charge in [-0.15, -0.1) is 0 Å². The van der Waals surface area contributed by atoms with Crippen LogP contribution in [-0.4, -0.2) is 11.5 Å². The molecule has 0 unspecified atom stereocenters. The molecule has 1 nitrogen and oxygen atoms in total. The molecule has 0 aliphatic heterocycles. The van der Waals surface area contributed by atoms with Gasteiger partial charge in [0, 0.05) is 0 Å². The predicted octanol–water partition coefficient (Wildman–Crippen LogP) is 1.70. The Kier molecular flexibility index (Phi) is 13.2. The Morgan fingerprint density at radius 2 is 1.75 bits per heavy atom. The fourth-order valence-corrected chi connectivity index (χ4v) is 0. The molecule has 0 saturated heterocycles. The zero-order chi connectivity index (χ0) is 6.99. The van der Waals surface area contributed by atoms with Gasteiger partial charge >= 0.3 is 0 Å². The van der Waals surface area contributed by atoms with E-state index in [2.05, 4.69) is 19.2 Å². The Hall–Kier alpha value is -0.240. The van der Waals surface area contributed by atoms with Crippen molar-refractivity contribution in [2.24, 2.45) is 0 Å². The number of carbonyl (C=O) groups is 1. The van der Waals surface area contributed by atoms with Crippen molar-refractivity contribution in [1.82, 2.24) is 0 Å². The Morgan fingerprint density at radius 1 is 1.62 bits per heavy atom. The number of rotatable bonds is 1. The molecule has 0 bridgehead atoms. The van der Waals surface area contributed by atoms with E-state index in [1.807, 2.05) is 13.8 Å². The van der Waals surface area contributed by atoms with E-state index in [-0.39, 0.29) is 0 Å². The minimum absolute atomic E-state index is 0.528. The van der Waals surface area contributed by atoms with Crippen molar-refractivity contribution in [3.05, 3.63) is 12.7 Å². The summed E-state index contributed by atoms with van der Waals surface area (Å²) in [7, 11) is 0. The van der Waals surface area contributed by atoms with Crippen LogP contribution in [0.1, 0.15) is 13.8 Å². The van der Waals surface area contributed by atoms with Crippen molar-refractivity contribution in [2.75, 3.05) is 0 Å². The first-order valence-corrected chi connectivity index (χ1v) is 2.91. The van der Waals surface area contributed by atoms with Gasteiger partial charge in [0.25, 0.3) is 0 Å². The second kappa shape index (κ2) is 9.90. The fourth-order valence-electron chi connectivity index (χ4n) is 0. The van der Waals surface area contributed by atoms with Gasteiger partial charge in [0.2, 0.25) is 0 Å². The molecule has 2 heteroatoms. The van der Waals surface area contributed by atoms with Crippen LogP contribution in [0.2, 0.25) is 0 Å². The highest BCUT2D eigenvalue weighted by atomic mass is 32.1. The molecule has 0 N–H and O–H groups in total. The molecule has 0 aromatic heterocycles. The predicted molar refractivity (Wildman–Crippen MR) is 40.4 cm³/mol. The van der Waals surface area contributed by atoms with Crippen molar-refractivity contribution in [1.29, 1.82) is 0 Å². The first-order valence-electron chi connectivity index (χ1n) is 2.39. The lowest BCUT2D eigenvalue weighted by molar-refractivity contribution is -0.104. The minimum atomic E-state index is 0.528. The maximum atomic E-state index is 9.06. The van der Waals surface area contributed by atoms with Gasteiger partial charge in [-0.3, -0.25) is 4.79 Å². The third kappa shape index (κ3) is 226. The smallest absolute Gasteiger partial charge is 0.142 e. The molecular weight excluding hydrogens is 120 g/mol. The van der Waals surface area contributed by atoms with Crippen LogP contribution in [0, 0.1) is 0 Å². The van der Waals surface area contributed by atoms with E-state index in [1.165, 1.54) is 6.08 Å². The summed E-state index contributed by atoms with van der Waals surface area (Å²) >= 11 is 3.97. The van der Waals surface area contributed by atoms with Crippen molar-refractivity contribution < 1.29 is 4.79 Å². The third-order valence-electron chi connectivity index (χ3n) is 0.0962. The molecule has 8 heavy (non-hydrogen) atoms. The SMILES string of the molecule is C=CC=O.CC(C)S. The molecule has 0 heterocycles. The topological polar surface area (TPSA) is 17.1 Å². The average Bonchev–Trinajstić information content (AvgIpc) is 1.65.